The third kappa shape index (κ3) is 4.17. The molecule has 0 aliphatic rings. The van der Waals surface area contributed by atoms with Crippen LogP contribution in [0.3, 0.4) is 0 Å². The summed E-state index contributed by atoms with van der Waals surface area (Å²) in [6.07, 6.45) is 1.49. The summed E-state index contributed by atoms with van der Waals surface area (Å²) in [6, 6.07) is 7.21. The highest BCUT2D eigenvalue weighted by atomic mass is 35.5. The largest absolute Gasteiger partial charge is 0.355 e. The van der Waals surface area contributed by atoms with E-state index in [9.17, 15) is 9.59 Å². The number of nitrogens with zero attached hydrogens (tertiary/aromatic N) is 4. The number of nitrogens with one attached hydrogen (secondary N) is 2. The Morgan fingerprint density at radius 1 is 1.14 bits per heavy atom. The highest BCUT2D eigenvalue weighted by molar-refractivity contribution is 6.35. The quantitative estimate of drug-likeness (QED) is 0.578. The second-order valence-corrected chi connectivity index (χ2v) is 6.77. The van der Waals surface area contributed by atoms with E-state index >= 15 is 0 Å². The highest BCUT2D eigenvalue weighted by Crippen LogP contribution is 2.32. The Bertz CT molecular complexity index is 1170. The zero-order valence-electron chi connectivity index (χ0n) is 14.7. The van der Waals surface area contributed by atoms with Crippen LogP contribution in [0, 0.1) is 6.57 Å². The van der Waals surface area contributed by atoms with E-state index in [-0.39, 0.29) is 43.6 Å². The van der Waals surface area contributed by atoms with Crippen molar-refractivity contribution in [3.8, 4) is 5.82 Å². The van der Waals surface area contributed by atoms with Crippen molar-refractivity contribution in [1.82, 2.24) is 20.1 Å². The average molecular weight is 450 g/mol. The summed E-state index contributed by atoms with van der Waals surface area (Å²) in [5.41, 5.74) is 0.246. The Kier molecular flexibility index (Phi) is 6.03. The van der Waals surface area contributed by atoms with Gasteiger partial charge in [-0.05, 0) is 24.3 Å². The summed E-state index contributed by atoms with van der Waals surface area (Å²) < 4.78 is 1.18. The van der Waals surface area contributed by atoms with Crippen LogP contribution in [0.1, 0.15) is 20.8 Å². The number of carbonyl (C=O) groups is 2. The number of carbonyl (C=O) groups excluding carboxylic acids is 2. The van der Waals surface area contributed by atoms with Gasteiger partial charge in [-0.3, -0.25) is 9.59 Å². The molecule has 11 heteroatoms. The van der Waals surface area contributed by atoms with Gasteiger partial charge < -0.3 is 10.6 Å². The van der Waals surface area contributed by atoms with E-state index in [1.54, 1.807) is 12.1 Å². The molecule has 0 fully saturated rings. The molecule has 0 atom stereocenters. The molecule has 0 aliphatic heterocycles. The molecule has 0 bridgehead atoms. The average Bonchev–Trinajstić information content (AvgIpc) is 3.10. The van der Waals surface area contributed by atoms with Crippen LogP contribution in [0.5, 0.6) is 0 Å². The van der Waals surface area contributed by atoms with Gasteiger partial charge in [0.15, 0.2) is 16.7 Å². The number of hydrogen-bond donors (Lipinski definition) is 2. The van der Waals surface area contributed by atoms with Crippen molar-refractivity contribution < 1.29 is 9.59 Å². The van der Waals surface area contributed by atoms with Gasteiger partial charge in [-0.25, -0.2) is 14.5 Å². The van der Waals surface area contributed by atoms with Crippen molar-refractivity contribution in [3.05, 3.63) is 74.4 Å². The van der Waals surface area contributed by atoms with Crippen molar-refractivity contribution in [1.29, 1.82) is 0 Å². The molecule has 3 aromatic rings. The highest BCUT2D eigenvalue weighted by Gasteiger charge is 2.22. The summed E-state index contributed by atoms with van der Waals surface area (Å²) in [4.78, 5) is 32.6. The molecule has 2 N–H and O–H groups in total. The lowest BCUT2D eigenvalue weighted by Crippen LogP contribution is -2.23. The van der Waals surface area contributed by atoms with Gasteiger partial charge >= 0.3 is 0 Å². The van der Waals surface area contributed by atoms with Crippen LogP contribution in [0.15, 0.2) is 36.5 Å². The van der Waals surface area contributed by atoms with E-state index in [2.05, 4.69) is 25.6 Å². The zero-order valence-corrected chi connectivity index (χ0v) is 17.0. The van der Waals surface area contributed by atoms with Crippen molar-refractivity contribution >= 4 is 58.0 Å². The second-order valence-electron chi connectivity index (χ2n) is 5.57. The monoisotopic (exact) mass is 448 g/mol. The normalized spacial score (nSPS) is 10.3. The van der Waals surface area contributed by atoms with Gasteiger partial charge in [-0.1, -0.05) is 34.8 Å². The van der Waals surface area contributed by atoms with Crippen LogP contribution in [0.4, 0.5) is 11.4 Å². The molecule has 0 saturated carbocycles. The van der Waals surface area contributed by atoms with Crippen LogP contribution in [0.25, 0.3) is 10.7 Å². The first-order valence-corrected chi connectivity index (χ1v) is 9.10. The third-order valence-electron chi connectivity index (χ3n) is 3.77. The van der Waals surface area contributed by atoms with Crippen LogP contribution in [0.2, 0.25) is 15.2 Å². The lowest BCUT2D eigenvalue weighted by Gasteiger charge is -2.14. The molecule has 2 heterocycles. The molecular weight excluding hydrogens is 439 g/mol. The molecule has 2 aromatic heterocycles. The molecule has 29 heavy (non-hydrogen) atoms. The van der Waals surface area contributed by atoms with E-state index in [4.69, 9.17) is 41.4 Å². The Morgan fingerprint density at radius 3 is 2.55 bits per heavy atom. The Morgan fingerprint density at radius 2 is 1.90 bits per heavy atom. The predicted molar refractivity (Wildman–Crippen MR) is 110 cm³/mol. The first kappa shape index (κ1) is 20.6. The Labute approximate surface area is 180 Å². The number of aromatic nitrogens is 3. The van der Waals surface area contributed by atoms with E-state index in [0.29, 0.717) is 0 Å². The molecule has 0 spiro atoms. The van der Waals surface area contributed by atoms with Crippen LogP contribution < -0.4 is 10.6 Å². The lowest BCUT2D eigenvalue weighted by atomic mass is 10.1. The molecule has 1 aromatic carbocycles. The fourth-order valence-electron chi connectivity index (χ4n) is 2.48. The predicted octanol–water partition coefficient (Wildman–Crippen LogP) is 4.39. The molecule has 8 nitrogen and oxygen atoms in total. The number of rotatable bonds is 4. The Balaban J connectivity index is 2.06. The topological polar surface area (TPSA) is 93.3 Å². The van der Waals surface area contributed by atoms with Crippen molar-refractivity contribution in [2.75, 3.05) is 12.4 Å². The molecule has 146 valence electrons. The standard InChI is InChI=1S/C18H11Cl3N6O2/c1-22-9-6-10(17(28)23-2)15(12(20)7-9)25-18(29)13-8-14(21)26-27(13)16-11(19)4-3-5-24-16/h3-8H,2H3,(H,23,28)(H,25,29). The van der Waals surface area contributed by atoms with E-state index < -0.39 is 11.8 Å². The number of pyridine rings is 1. The molecule has 3 rings (SSSR count). The number of anilines is 1. The third-order valence-corrected chi connectivity index (χ3v) is 4.54. The fourth-order valence-corrected chi connectivity index (χ4v) is 3.13. The maximum absolute atomic E-state index is 13.0. The van der Waals surface area contributed by atoms with Gasteiger partial charge in [0.05, 0.1) is 27.9 Å². The number of hydrogen-bond acceptors (Lipinski definition) is 4. The molecule has 0 saturated heterocycles. The summed E-state index contributed by atoms with van der Waals surface area (Å²) >= 11 is 18.3. The van der Waals surface area contributed by atoms with Crippen LogP contribution >= 0.6 is 34.8 Å². The maximum atomic E-state index is 13.0. The van der Waals surface area contributed by atoms with Gasteiger partial charge in [0.25, 0.3) is 11.8 Å². The maximum Gasteiger partial charge on any atom is 0.274 e. The number of benzene rings is 1. The summed E-state index contributed by atoms with van der Waals surface area (Å²) in [6.45, 7) is 7.13. The van der Waals surface area contributed by atoms with Gasteiger partial charge in [0.1, 0.15) is 5.69 Å². The Hall–Kier alpha value is -3.12. The second kappa shape index (κ2) is 8.49. The van der Waals surface area contributed by atoms with Gasteiger partial charge in [0.2, 0.25) is 0 Å². The van der Waals surface area contributed by atoms with E-state index in [1.165, 1.54) is 36.1 Å². The SMILES string of the molecule is [C-]#[N+]c1cc(Cl)c(NC(=O)c2cc(Cl)nn2-c2ncccc2Cl)c(C(=O)NC)c1. The smallest absolute Gasteiger partial charge is 0.274 e. The zero-order chi connectivity index (χ0) is 21.1. The van der Waals surface area contributed by atoms with Crippen molar-refractivity contribution in [2.45, 2.75) is 0 Å². The van der Waals surface area contributed by atoms with Gasteiger partial charge in [-0.15, -0.1) is 0 Å². The lowest BCUT2D eigenvalue weighted by molar-refractivity contribution is 0.0964. The minimum atomic E-state index is -0.659. The molecule has 0 radical (unpaired) electrons. The van der Waals surface area contributed by atoms with E-state index in [0.717, 1.165) is 0 Å². The summed E-state index contributed by atoms with van der Waals surface area (Å²) in [5.74, 6) is -0.979. The number of halogens is 3. The summed E-state index contributed by atoms with van der Waals surface area (Å²) in [7, 11) is 1.42. The molecule has 2 amide bonds. The first-order chi connectivity index (χ1) is 13.8. The van der Waals surface area contributed by atoms with Crippen molar-refractivity contribution in [2.24, 2.45) is 0 Å². The van der Waals surface area contributed by atoms with Gasteiger partial charge in [0, 0.05) is 19.3 Å². The van der Waals surface area contributed by atoms with Crippen molar-refractivity contribution in [3.63, 3.8) is 0 Å². The fraction of sp³-hybridized carbons (Fsp3) is 0.0556. The van der Waals surface area contributed by atoms with Gasteiger partial charge in [-0.2, -0.15) is 5.10 Å². The molecule has 0 unspecified atom stereocenters. The summed E-state index contributed by atoms with van der Waals surface area (Å²) in [5, 5.41) is 9.40. The first-order valence-electron chi connectivity index (χ1n) is 7.96. The number of amides is 2. The van der Waals surface area contributed by atoms with Crippen LogP contribution in [-0.4, -0.2) is 33.6 Å². The van der Waals surface area contributed by atoms with E-state index in [1.807, 2.05) is 0 Å². The molecular formula is C18H11Cl3N6O2. The minimum absolute atomic E-state index is 0.0174. The molecule has 0 aliphatic carbocycles. The minimum Gasteiger partial charge on any atom is -0.355 e. The van der Waals surface area contributed by atoms with Crippen LogP contribution in [-0.2, 0) is 0 Å².